The molecule has 1 heterocycles. The van der Waals surface area contributed by atoms with Crippen LogP contribution in [-0.4, -0.2) is 43.8 Å². The summed E-state index contributed by atoms with van der Waals surface area (Å²) >= 11 is 0. The van der Waals surface area contributed by atoms with Crippen molar-refractivity contribution in [2.24, 2.45) is 11.8 Å². The third-order valence-corrected chi connectivity index (χ3v) is 6.00. The summed E-state index contributed by atoms with van der Waals surface area (Å²) in [5.41, 5.74) is 1.11. The van der Waals surface area contributed by atoms with Crippen molar-refractivity contribution < 1.29 is 13.2 Å². The molecule has 0 saturated carbocycles. The fourth-order valence-corrected chi connectivity index (χ4v) is 4.87. The van der Waals surface area contributed by atoms with Crippen LogP contribution >= 0.6 is 0 Å². The van der Waals surface area contributed by atoms with Crippen molar-refractivity contribution in [3.8, 4) is 0 Å². The lowest BCUT2D eigenvalue weighted by Crippen LogP contribution is -2.35. The SMILES string of the molecule is CC(C)CN(C/C=C/c1ccccc1)C(=O)CC1CCS(=O)(=O)C1. The van der Waals surface area contributed by atoms with E-state index in [1.165, 1.54) is 0 Å². The molecule has 132 valence electrons. The second-order valence-electron chi connectivity index (χ2n) is 6.98. The van der Waals surface area contributed by atoms with E-state index in [9.17, 15) is 13.2 Å². The van der Waals surface area contributed by atoms with Crippen LogP contribution in [0.1, 0.15) is 32.3 Å². The fraction of sp³-hybridized carbons (Fsp3) is 0.526. The average Bonchev–Trinajstić information content (AvgIpc) is 2.85. The van der Waals surface area contributed by atoms with Gasteiger partial charge in [0.1, 0.15) is 0 Å². The molecule has 1 unspecified atom stereocenters. The Bertz CT molecular complexity index is 665. The number of hydrogen-bond acceptors (Lipinski definition) is 3. The summed E-state index contributed by atoms with van der Waals surface area (Å²) in [6.07, 6.45) is 4.97. The van der Waals surface area contributed by atoms with E-state index in [-0.39, 0.29) is 23.3 Å². The number of carbonyl (C=O) groups is 1. The quantitative estimate of drug-likeness (QED) is 0.760. The molecule has 24 heavy (non-hydrogen) atoms. The maximum absolute atomic E-state index is 12.6. The van der Waals surface area contributed by atoms with Gasteiger partial charge in [-0.05, 0) is 23.8 Å². The summed E-state index contributed by atoms with van der Waals surface area (Å²) < 4.78 is 23.1. The molecule has 5 heteroatoms. The molecular formula is C19H27NO3S. The zero-order chi connectivity index (χ0) is 17.6. The Morgan fingerprint density at radius 2 is 2.00 bits per heavy atom. The number of nitrogens with zero attached hydrogens (tertiary/aromatic N) is 1. The van der Waals surface area contributed by atoms with Gasteiger partial charge < -0.3 is 4.90 Å². The lowest BCUT2D eigenvalue weighted by atomic mass is 10.0. The second kappa shape index (κ2) is 8.47. The molecule has 2 rings (SSSR count). The smallest absolute Gasteiger partial charge is 0.223 e. The minimum Gasteiger partial charge on any atom is -0.339 e. The van der Waals surface area contributed by atoms with Gasteiger partial charge in [0.15, 0.2) is 9.84 Å². The van der Waals surface area contributed by atoms with Gasteiger partial charge in [-0.3, -0.25) is 4.79 Å². The van der Waals surface area contributed by atoms with Gasteiger partial charge in [0, 0.05) is 19.5 Å². The number of amides is 1. The van der Waals surface area contributed by atoms with Gasteiger partial charge in [-0.1, -0.05) is 56.3 Å². The monoisotopic (exact) mass is 349 g/mol. The molecule has 1 aliphatic heterocycles. The highest BCUT2D eigenvalue weighted by atomic mass is 32.2. The third-order valence-electron chi connectivity index (χ3n) is 4.16. The van der Waals surface area contributed by atoms with Gasteiger partial charge in [0.05, 0.1) is 11.5 Å². The minimum atomic E-state index is -2.93. The molecule has 0 radical (unpaired) electrons. The number of carbonyl (C=O) groups excluding carboxylic acids is 1. The molecule has 1 amide bonds. The van der Waals surface area contributed by atoms with E-state index < -0.39 is 9.84 Å². The average molecular weight is 349 g/mol. The summed E-state index contributed by atoms with van der Waals surface area (Å²) in [7, 11) is -2.93. The second-order valence-corrected chi connectivity index (χ2v) is 9.21. The van der Waals surface area contributed by atoms with Gasteiger partial charge in [0.25, 0.3) is 0 Å². The first-order valence-electron chi connectivity index (χ1n) is 8.55. The summed E-state index contributed by atoms with van der Waals surface area (Å²) in [5, 5.41) is 0. The first-order valence-corrected chi connectivity index (χ1v) is 10.4. The Labute approximate surface area is 145 Å². The predicted molar refractivity (Wildman–Crippen MR) is 98.3 cm³/mol. The summed E-state index contributed by atoms with van der Waals surface area (Å²) in [5.74, 6) is 0.808. The fourth-order valence-electron chi connectivity index (χ4n) is 3.01. The predicted octanol–water partition coefficient (Wildman–Crippen LogP) is 3.01. The van der Waals surface area contributed by atoms with E-state index in [1.807, 2.05) is 47.4 Å². The number of benzene rings is 1. The van der Waals surface area contributed by atoms with Crippen LogP contribution in [-0.2, 0) is 14.6 Å². The zero-order valence-corrected chi connectivity index (χ0v) is 15.3. The van der Waals surface area contributed by atoms with Crippen molar-refractivity contribution in [2.45, 2.75) is 26.7 Å². The Morgan fingerprint density at radius 1 is 1.29 bits per heavy atom. The zero-order valence-electron chi connectivity index (χ0n) is 14.5. The molecule has 0 spiro atoms. The van der Waals surface area contributed by atoms with Crippen LogP contribution in [0.2, 0.25) is 0 Å². The topological polar surface area (TPSA) is 54.5 Å². The highest BCUT2D eigenvalue weighted by molar-refractivity contribution is 7.91. The van der Waals surface area contributed by atoms with Gasteiger partial charge in [0.2, 0.25) is 5.91 Å². The Hall–Kier alpha value is -1.62. The maximum Gasteiger partial charge on any atom is 0.223 e. The molecule has 0 N–H and O–H groups in total. The normalized spacial score (nSPS) is 19.9. The summed E-state index contributed by atoms with van der Waals surface area (Å²) in [4.78, 5) is 14.4. The van der Waals surface area contributed by atoms with Crippen LogP contribution in [0.5, 0.6) is 0 Å². The van der Waals surface area contributed by atoms with Gasteiger partial charge >= 0.3 is 0 Å². The van der Waals surface area contributed by atoms with Crippen molar-refractivity contribution in [3.63, 3.8) is 0 Å². The highest BCUT2D eigenvalue weighted by Crippen LogP contribution is 2.22. The number of rotatable bonds is 7. The molecule has 1 atom stereocenters. The van der Waals surface area contributed by atoms with Crippen LogP contribution in [0, 0.1) is 11.8 Å². The molecule has 1 saturated heterocycles. The molecule has 0 aliphatic carbocycles. The van der Waals surface area contributed by atoms with E-state index in [0.29, 0.717) is 31.8 Å². The van der Waals surface area contributed by atoms with Crippen LogP contribution in [0.3, 0.4) is 0 Å². The van der Waals surface area contributed by atoms with E-state index in [4.69, 9.17) is 0 Å². The number of hydrogen-bond donors (Lipinski definition) is 0. The maximum atomic E-state index is 12.6. The summed E-state index contributed by atoms with van der Waals surface area (Å²) in [6.45, 7) is 5.42. The lowest BCUT2D eigenvalue weighted by molar-refractivity contribution is -0.132. The van der Waals surface area contributed by atoms with Crippen LogP contribution in [0.4, 0.5) is 0 Å². The highest BCUT2D eigenvalue weighted by Gasteiger charge is 2.30. The minimum absolute atomic E-state index is 0.0183. The van der Waals surface area contributed by atoms with E-state index in [0.717, 1.165) is 5.56 Å². The van der Waals surface area contributed by atoms with Crippen molar-refractivity contribution in [3.05, 3.63) is 42.0 Å². The lowest BCUT2D eigenvalue weighted by Gasteiger charge is -2.24. The van der Waals surface area contributed by atoms with Crippen molar-refractivity contribution in [1.29, 1.82) is 0 Å². The Morgan fingerprint density at radius 3 is 2.58 bits per heavy atom. The largest absolute Gasteiger partial charge is 0.339 e. The first-order chi connectivity index (χ1) is 11.4. The molecule has 1 aromatic carbocycles. The van der Waals surface area contributed by atoms with Crippen LogP contribution in [0.15, 0.2) is 36.4 Å². The van der Waals surface area contributed by atoms with Crippen LogP contribution in [0.25, 0.3) is 6.08 Å². The van der Waals surface area contributed by atoms with Crippen molar-refractivity contribution >= 4 is 21.8 Å². The molecule has 1 fully saturated rings. The Kier molecular flexibility index (Phi) is 6.60. The van der Waals surface area contributed by atoms with Gasteiger partial charge in [-0.15, -0.1) is 0 Å². The molecule has 0 aromatic heterocycles. The molecular weight excluding hydrogens is 322 g/mol. The number of sulfone groups is 1. The van der Waals surface area contributed by atoms with Gasteiger partial charge in [-0.2, -0.15) is 0 Å². The van der Waals surface area contributed by atoms with E-state index in [1.54, 1.807) is 0 Å². The molecule has 1 aromatic rings. The third kappa shape index (κ3) is 6.11. The van der Waals surface area contributed by atoms with Gasteiger partial charge in [-0.25, -0.2) is 8.42 Å². The van der Waals surface area contributed by atoms with Crippen LogP contribution < -0.4 is 0 Å². The van der Waals surface area contributed by atoms with Crippen molar-refractivity contribution in [2.75, 3.05) is 24.6 Å². The van der Waals surface area contributed by atoms with Crippen molar-refractivity contribution in [1.82, 2.24) is 4.90 Å². The molecule has 4 nitrogen and oxygen atoms in total. The Balaban J connectivity index is 1.94. The summed E-state index contributed by atoms with van der Waals surface area (Å²) in [6, 6.07) is 9.99. The standard InChI is InChI=1S/C19H27NO3S/c1-16(2)14-20(11-6-9-17-7-4-3-5-8-17)19(21)13-18-10-12-24(22,23)15-18/h3-9,16,18H,10-15H2,1-2H3/b9-6+. The first kappa shape index (κ1) is 18.7. The van der Waals surface area contributed by atoms with E-state index in [2.05, 4.69) is 13.8 Å². The molecule has 0 bridgehead atoms. The van der Waals surface area contributed by atoms with E-state index >= 15 is 0 Å². The molecule has 1 aliphatic rings.